The molecule has 2 aromatic rings. The molecule has 19 heavy (non-hydrogen) atoms. The zero-order chi connectivity index (χ0) is 13.2. The summed E-state index contributed by atoms with van der Waals surface area (Å²) in [4.78, 5) is 0. The van der Waals surface area contributed by atoms with Crippen molar-refractivity contribution in [2.24, 2.45) is 7.05 Å². The number of aryl methyl sites for hydroxylation is 2. The first kappa shape index (κ1) is 12.4. The smallest absolute Gasteiger partial charge is 0.0559 e. The Labute approximate surface area is 114 Å². The molecular formula is C16H21N3. The lowest BCUT2D eigenvalue weighted by molar-refractivity contribution is 0.405. The van der Waals surface area contributed by atoms with Crippen LogP contribution in [0, 0.1) is 0 Å². The van der Waals surface area contributed by atoms with E-state index in [1.807, 2.05) is 17.9 Å². The Hall–Kier alpha value is -1.61. The number of hydrogen-bond acceptors (Lipinski definition) is 2. The Balaban J connectivity index is 2.00. The molecule has 100 valence electrons. The van der Waals surface area contributed by atoms with E-state index < -0.39 is 0 Å². The maximum atomic E-state index is 4.31. The number of fused-ring (bicyclic) bond motifs is 1. The molecule has 3 heteroatoms. The molecule has 0 saturated carbocycles. The van der Waals surface area contributed by atoms with Gasteiger partial charge in [0.2, 0.25) is 0 Å². The van der Waals surface area contributed by atoms with Gasteiger partial charge in [-0.05, 0) is 43.5 Å². The van der Waals surface area contributed by atoms with Gasteiger partial charge >= 0.3 is 0 Å². The zero-order valence-corrected chi connectivity index (χ0v) is 11.6. The van der Waals surface area contributed by atoms with Gasteiger partial charge in [0, 0.05) is 19.2 Å². The van der Waals surface area contributed by atoms with Crippen LogP contribution in [-0.2, 0) is 13.5 Å². The van der Waals surface area contributed by atoms with E-state index >= 15 is 0 Å². The minimum absolute atomic E-state index is 0.342. The summed E-state index contributed by atoms with van der Waals surface area (Å²) in [5.41, 5.74) is 4.29. The minimum atomic E-state index is 0.342. The lowest BCUT2D eigenvalue weighted by Crippen LogP contribution is -2.28. The van der Waals surface area contributed by atoms with Crippen molar-refractivity contribution in [3.63, 3.8) is 0 Å². The molecule has 0 bridgehead atoms. The fraction of sp³-hybridized carbons (Fsp3) is 0.438. The molecule has 0 spiro atoms. The average molecular weight is 255 g/mol. The van der Waals surface area contributed by atoms with Crippen molar-refractivity contribution < 1.29 is 0 Å². The summed E-state index contributed by atoms with van der Waals surface area (Å²) in [5.74, 6) is 0.547. The van der Waals surface area contributed by atoms with E-state index in [1.165, 1.54) is 36.1 Å². The largest absolute Gasteiger partial charge is 0.311 e. The molecule has 2 unspecified atom stereocenters. The normalized spacial score (nSPS) is 20.0. The predicted octanol–water partition coefficient (Wildman–Crippen LogP) is 2.80. The summed E-state index contributed by atoms with van der Waals surface area (Å²) < 4.78 is 1.98. The first-order valence-electron chi connectivity index (χ1n) is 7.04. The number of nitrogens with one attached hydrogen (secondary N) is 1. The van der Waals surface area contributed by atoms with Gasteiger partial charge < -0.3 is 5.32 Å². The third kappa shape index (κ3) is 2.19. The molecule has 0 saturated heterocycles. The van der Waals surface area contributed by atoms with Gasteiger partial charge in [-0.15, -0.1) is 0 Å². The second-order valence-corrected chi connectivity index (χ2v) is 5.34. The molecule has 2 atom stereocenters. The molecule has 1 aliphatic carbocycles. The van der Waals surface area contributed by atoms with Crippen LogP contribution in [0.3, 0.4) is 0 Å². The van der Waals surface area contributed by atoms with Crippen LogP contribution in [0.2, 0.25) is 0 Å². The summed E-state index contributed by atoms with van der Waals surface area (Å²) in [6, 6.07) is 11.3. The van der Waals surface area contributed by atoms with E-state index in [9.17, 15) is 0 Å². The topological polar surface area (TPSA) is 29.9 Å². The van der Waals surface area contributed by atoms with Crippen LogP contribution in [-0.4, -0.2) is 16.8 Å². The molecule has 3 nitrogen and oxygen atoms in total. The van der Waals surface area contributed by atoms with E-state index in [4.69, 9.17) is 0 Å². The summed E-state index contributed by atoms with van der Waals surface area (Å²) >= 11 is 0. The van der Waals surface area contributed by atoms with Crippen LogP contribution in [0.4, 0.5) is 0 Å². The zero-order valence-electron chi connectivity index (χ0n) is 11.6. The molecular weight excluding hydrogens is 234 g/mol. The molecule has 1 N–H and O–H groups in total. The van der Waals surface area contributed by atoms with E-state index in [2.05, 4.69) is 47.8 Å². The van der Waals surface area contributed by atoms with E-state index in [-0.39, 0.29) is 0 Å². The van der Waals surface area contributed by atoms with Crippen LogP contribution in [0.15, 0.2) is 36.5 Å². The van der Waals surface area contributed by atoms with Crippen molar-refractivity contribution in [3.05, 3.63) is 53.3 Å². The highest BCUT2D eigenvalue weighted by Crippen LogP contribution is 2.39. The molecule has 3 rings (SSSR count). The van der Waals surface area contributed by atoms with Crippen molar-refractivity contribution in [1.82, 2.24) is 15.1 Å². The first-order valence-corrected chi connectivity index (χ1v) is 7.04. The molecule has 1 aromatic carbocycles. The number of nitrogens with zero attached hydrogens (tertiary/aromatic N) is 2. The highest BCUT2D eigenvalue weighted by molar-refractivity contribution is 5.35. The number of benzene rings is 1. The summed E-state index contributed by atoms with van der Waals surface area (Å²) in [5, 5.41) is 7.81. The van der Waals surface area contributed by atoms with Gasteiger partial charge in [-0.1, -0.05) is 24.3 Å². The second-order valence-electron chi connectivity index (χ2n) is 5.34. The Morgan fingerprint density at radius 3 is 2.89 bits per heavy atom. The number of likely N-dealkylation sites (N-methyl/N-ethyl adjacent to an activating group) is 1. The lowest BCUT2D eigenvalue weighted by atomic mass is 9.78. The van der Waals surface area contributed by atoms with Crippen molar-refractivity contribution in [1.29, 1.82) is 0 Å². The second kappa shape index (κ2) is 5.17. The van der Waals surface area contributed by atoms with E-state index in [0.29, 0.717) is 12.0 Å². The molecule has 0 aliphatic heterocycles. The molecule has 0 fully saturated rings. The lowest BCUT2D eigenvalue weighted by Gasteiger charge is -2.32. The minimum Gasteiger partial charge on any atom is -0.311 e. The maximum Gasteiger partial charge on any atom is 0.0559 e. The van der Waals surface area contributed by atoms with E-state index in [1.54, 1.807) is 0 Å². The first-order chi connectivity index (χ1) is 9.31. The van der Waals surface area contributed by atoms with Gasteiger partial charge in [0.05, 0.1) is 11.7 Å². The standard InChI is InChI=1S/C16H21N3/c1-17-16(15-10-11-18-19(15)2)14-9-5-7-12-6-3-4-8-13(12)14/h3-4,6,8,10-11,14,16-17H,5,7,9H2,1-2H3. The van der Waals surface area contributed by atoms with Gasteiger partial charge in [-0.25, -0.2) is 0 Å². The van der Waals surface area contributed by atoms with Gasteiger partial charge in [0.25, 0.3) is 0 Å². The molecule has 0 radical (unpaired) electrons. The van der Waals surface area contributed by atoms with Gasteiger partial charge in [0.1, 0.15) is 0 Å². The van der Waals surface area contributed by atoms with Crippen molar-refractivity contribution in [2.75, 3.05) is 7.05 Å². The molecule has 0 amide bonds. The van der Waals surface area contributed by atoms with Crippen LogP contribution < -0.4 is 5.32 Å². The fourth-order valence-corrected chi connectivity index (χ4v) is 3.38. The fourth-order valence-electron chi connectivity index (χ4n) is 3.38. The number of hydrogen-bond donors (Lipinski definition) is 1. The van der Waals surface area contributed by atoms with Crippen LogP contribution in [0.25, 0.3) is 0 Å². The van der Waals surface area contributed by atoms with Crippen LogP contribution in [0.5, 0.6) is 0 Å². The monoisotopic (exact) mass is 255 g/mol. The highest BCUT2D eigenvalue weighted by Gasteiger charge is 2.29. The van der Waals surface area contributed by atoms with Gasteiger partial charge in [0.15, 0.2) is 0 Å². The quantitative estimate of drug-likeness (QED) is 0.914. The Bertz CT molecular complexity index is 559. The highest BCUT2D eigenvalue weighted by atomic mass is 15.3. The van der Waals surface area contributed by atoms with E-state index in [0.717, 1.165) is 0 Å². The summed E-state index contributed by atoms with van der Waals surface area (Å²) in [6.07, 6.45) is 5.62. The Kier molecular flexibility index (Phi) is 3.38. The van der Waals surface area contributed by atoms with Crippen LogP contribution in [0.1, 0.15) is 41.6 Å². The van der Waals surface area contributed by atoms with Gasteiger partial charge in [-0.2, -0.15) is 5.10 Å². The predicted molar refractivity (Wildman–Crippen MR) is 77.1 cm³/mol. The van der Waals surface area contributed by atoms with Crippen molar-refractivity contribution >= 4 is 0 Å². The Morgan fingerprint density at radius 1 is 1.32 bits per heavy atom. The SMILES string of the molecule is CNC(c1ccnn1C)C1CCCc2ccccc21. The van der Waals surface area contributed by atoms with Crippen molar-refractivity contribution in [3.8, 4) is 0 Å². The molecule has 1 aliphatic rings. The number of aromatic nitrogens is 2. The summed E-state index contributed by atoms with van der Waals surface area (Å²) in [7, 11) is 4.07. The maximum absolute atomic E-state index is 4.31. The number of rotatable bonds is 3. The third-order valence-corrected chi connectivity index (χ3v) is 4.31. The summed E-state index contributed by atoms with van der Waals surface area (Å²) in [6.45, 7) is 0. The average Bonchev–Trinajstić information content (AvgIpc) is 2.86. The Morgan fingerprint density at radius 2 is 2.16 bits per heavy atom. The van der Waals surface area contributed by atoms with Gasteiger partial charge in [-0.3, -0.25) is 4.68 Å². The van der Waals surface area contributed by atoms with Crippen LogP contribution >= 0.6 is 0 Å². The molecule has 1 heterocycles. The third-order valence-electron chi connectivity index (χ3n) is 4.31. The molecule has 1 aromatic heterocycles. The van der Waals surface area contributed by atoms with Crippen molar-refractivity contribution in [2.45, 2.75) is 31.2 Å².